The zero-order valence-corrected chi connectivity index (χ0v) is 19.1. The Kier molecular flexibility index (Phi) is 4.31. The normalized spacial score (nSPS) is 23.2. The van der Waals surface area contributed by atoms with Crippen LogP contribution in [0.2, 0.25) is 0 Å². The molecule has 1 spiro atoms. The van der Waals surface area contributed by atoms with Crippen LogP contribution in [0.4, 0.5) is 11.4 Å². The molecule has 0 radical (unpaired) electrons. The van der Waals surface area contributed by atoms with E-state index in [4.69, 9.17) is 4.74 Å². The molecule has 3 aliphatic rings. The minimum Gasteiger partial charge on any atom is -0.441 e. The lowest BCUT2D eigenvalue weighted by Gasteiger charge is -2.31. The van der Waals surface area contributed by atoms with E-state index in [1.54, 1.807) is 0 Å². The van der Waals surface area contributed by atoms with E-state index in [0.717, 1.165) is 40.1 Å². The van der Waals surface area contributed by atoms with Crippen LogP contribution in [0.25, 0.3) is 5.57 Å². The first kappa shape index (κ1) is 19.9. The summed E-state index contributed by atoms with van der Waals surface area (Å²) in [5.41, 5.74) is 7.36. The maximum Gasteiger partial charge on any atom is 0.340 e. The third-order valence-electron chi connectivity index (χ3n) is 6.81. The van der Waals surface area contributed by atoms with Crippen molar-refractivity contribution in [3.8, 4) is 0 Å². The van der Waals surface area contributed by atoms with E-state index < -0.39 is 5.60 Å². The summed E-state index contributed by atoms with van der Waals surface area (Å²) in [6.07, 6.45) is 5.50. The monoisotopic (exact) mass is 415 g/mol. The fourth-order valence-corrected chi connectivity index (χ4v) is 5.05. The van der Waals surface area contributed by atoms with E-state index >= 15 is 0 Å². The number of carbonyl (C=O) groups excluding carboxylic acids is 1. The largest absolute Gasteiger partial charge is 0.441 e. The van der Waals surface area contributed by atoms with Gasteiger partial charge in [-0.3, -0.25) is 0 Å². The number of ether oxygens (including phenoxy) is 1. The van der Waals surface area contributed by atoms with Crippen LogP contribution >= 0.6 is 0 Å². The van der Waals surface area contributed by atoms with E-state index in [9.17, 15) is 4.79 Å². The molecule has 1 aliphatic heterocycles. The number of hydrogen-bond donors (Lipinski definition) is 0. The molecule has 160 valence electrons. The molecule has 5 rings (SSSR count). The Hall–Kier alpha value is -3.05. The number of likely N-dealkylation sites (N-methyl/N-ethyl adjacent to an activating group) is 1. The molecule has 31 heavy (non-hydrogen) atoms. The van der Waals surface area contributed by atoms with Gasteiger partial charge in [0.1, 0.15) is 0 Å². The molecule has 5 nitrogen and oxygen atoms in total. The average molecular weight is 416 g/mol. The molecule has 2 unspecified atom stereocenters. The highest BCUT2D eigenvalue weighted by Gasteiger charge is 2.56. The fourth-order valence-electron chi connectivity index (χ4n) is 5.05. The number of benzene rings is 2. The second-order valence-corrected chi connectivity index (χ2v) is 9.28. The van der Waals surface area contributed by atoms with Crippen LogP contribution in [0, 0.1) is 0 Å². The molecule has 2 atom stereocenters. The van der Waals surface area contributed by atoms with Crippen molar-refractivity contribution in [3.05, 3.63) is 76.4 Å². The summed E-state index contributed by atoms with van der Waals surface area (Å²) in [6.45, 7) is 0. The number of fused-ring (bicyclic) bond motifs is 7. The summed E-state index contributed by atoms with van der Waals surface area (Å²) in [5.74, 6) is -0.252. The van der Waals surface area contributed by atoms with Gasteiger partial charge in [-0.2, -0.15) is 0 Å². The lowest BCUT2D eigenvalue weighted by Crippen LogP contribution is -2.31. The van der Waals surface area contributed by atoms with Crippen molar-refractivity contribution in [1.29, 1.82) is 0 Å². The molecule has 5 heteroatoms. The molecule has 2 aliphatic carbocycles. The summed E-state index contributed by atoms with van der Waals surface area (Å²) in [7, 11) is 12.3. The SMILES string of the molecule is CN(C)c1ccc2c(c1)C(=O)OC21C2=CCC(N(C)C)C=C2c2cc(N(C)C)ccc21. The molecule has 0 aromatic heterocycles. The lowest BCUT2D eigenvalue weighted by atomic mass is 9.81. The molecule has 0 amide bonds. The van der Waals surface area contributed by atoms with Gasteiger partial charge in [-0.1, -0.05) is 24.3 Å². The van der Waals surface area contributed by atoms with Gasteiger partial charge in [0.15, 0.2) is 5.60 Å². The second kappa shape index (κ2) is 6.72. The van der Waals surface area contributed by atoms with Gasteiger partial charge < -0.3 is 19.4 Å². The molecule has 1 heterocycles. The Labute approximate surface area is 184 Å². The molecule has 0 bridgehead atoms. The maximum absolute atomic E-state index is 13.1. The number of hydrogen-bond acceptors (Lipinski definition) is 5. The maximum atomic E-state index is 13.1. The number of anilines is 2. The molecule has 0 fully saturated rings. The number of carbonyl (C=O) groups is 1. The summed E-state index contributed by atoms with van der Waals surface area (Å²) < 4.78 is 6.31. The first-order chi connectivity index (χ1) is 14.7. The number of esters is 1. The Morgan fingerprint density at radius 2 is 1.45 bits per heavy atom. The smallest absolute Gasteiger partial charge is 0.340 e. The molecular formula is C26H29N3O2. The van der Waals surface area contributed by atoms with Crippen LogP contribution in [0.1, 0.15) is 33.5 Å². The predicted octanol–water partition coefficient (Wildman–Crippen LogP) is 3.89. The first-order valence-corrected chi connectivity index (χ1v) is 10.7. The topological polar surface area (TPSA) is 36.0 Å². The van der Waals surface area contributed by atoms with Crippen LogP contribution in [-0.2, 0) is 10.3 Å². The van der Waals surface area contributed by atoms with Crippen LogP contribution in [0.3, 0.4) is 0 Å². The first-order valence-electron chi connectivity index (χ1n) is 10.7. The quantitative estimate of drug-likeness (QED) is 0.711. The van der Waals surface area contributed by atoms with Gasteiger partial charge >= 0.3 is 5.97 Å². The van der Waals surface area contributed by atoms with Gasteiger partial charge in [0.05, 0.1) is 5.56 Å². The molecule has 0 N–H and O–H groups in total. The molecule has 0 saturated carbocycles. The minimum atomic E-state index is -0.861. The fraction of sp³-hybridized carbons (Fsp3) is 0.346. The van der Waals surface area contributed by atoms with Gasteiger partial charge in [0, 0.05) is 62.3 Å². The predicted molar refractivity (Wildman–Crippen MR) is 126 cm³/mol. The molecular weight excluding hydrogens is 386 g/mol. The van der Waals surface area contributed by atoms with E-state index in [-0.39, 0.29) is 5.97 Å². The van der Waals surface area contributed by atoms with Crippen LogP contribution < -0.4 is 9.80 Å². The Morgan fingerprint density at radius 3 is 2.03 bits per heavy atom. The molecule has 0 saturated heterocycles. The van der Waals surface area contributed by atoms with E-state index in [1.807, 2.05) is 25.1 Å². The van der Waals surface area contributed by atoms with Gasteiger partial charge in [-0.15, -0.1) is 0 Å². The highest BCUT2D eigenvalue weighted by Crippen LogP contribution is 2.59. The standard InChI is InChI=1S/C26H29N3O2/c1-27(2)16-7-10-22-19(13-16)20-14-17(28(3)4)8-11-23(20)26(22)24-12-9-18(29(5)6)15-21(24)25(30)31-26/h7,9-15,17H,8H2,1-6H3. The van der Waals surface area contributed by atoms with Crippen molar-refractivity contribution in [2.24, 2.45) is 0 Å². The second-order valence-electron chi connectivity index (χ2n) is 9.28. The summed E-state index contributed by atoms with van der Waals surface area (Å²) in [4.78, 5) is 19.5. The van der Waals surface area contributed by atoms with E-state index in [0.29, 0.717) is 11.6 Å². The van der Waals surface area contributed by atoms with Crippen LogP contribution in [0.5, 0.6) is 0 Å². The van der Waals surface area contributed by atoms with Gasteiger partial charge in [-0.25, -0.2) is 4.79 Å². The highest BCUT2D eigenvalue weighted by atomic mass is 16.6. The summed E-state index contributed by atoms with van der Waals surface area (Å²) in [6, 6.07) is 12.9. The van der Waals surface area contributed by atoms with Crippen molar-refractivity contribution in [1.82, 2.24) is 4.90 Å². The third-order valence-corrected chi connectivity index (χ3v) is 6.81. The van der Waals surface area contributed by atoms with Crippen molar-refractivity contribution in [2.45, 2.75) is 18.1 Å². The zero-order valence-electron chi connectivity index (χ0n) is 19.1. The van der Waals surface area contributed by atoms with Gasteiger partial charge in [0.25, 0.3) is 0 Å². The van der Waals surface area contributed by atoms with Gasteiger partial charge in [-0.05, 0) is 55.9 Å². The summed E-state index contributed by atoms with van der Waals surface area (Å²) in [5, 5.41) is 0. The van der Waals surface area contributed by atoms with Crippen LogP contribution in [0.15, 0.2) is 54.1 Å². The minimum absolute atomic E-state index is 0.252. The Balaban J connectivity index is 1.78. The Bertz CT molecular complexity index is 1160. The van der Waals surface area contributed by atoms with E-state index in [1.165, 1.54) is 5.57 Å². The van der Waals surface area contributed by atoms with E-state index in [2.05, 4.69) is 80.5 Å². The number of rotatable bonds is 3. The number of nitrogens with zero attached hydrogens (tertiary/aromatic N) is 3. The summed E-state index contributed by atoms with van der Waals surface area (Å²) >= 11 is 0. The van der Waals surface area contributed by atoms with Crippen molar-refractivity contribution >= 4 is 22.9 Å². The lowest BCUT2D eigenvalue weighted by molar-refractivity contribution is 0.0262. The third kappa shape index (κ3) is 2.69. The average Bonchev–Trinajstić information content (AvgIpc) is 3.19. The zero-order chi connectivity index (χ0) is 22.1. The highest BCUT2D eigenvalue weighted by molar-refractivity contribution is 6.02. The molecule has 2 aromatic rings. The van der Waals surface area contributed by atoms with Crippen molar-refractivity contribution < 1.29 is 9.53 Å². The van der Waals surface area contributed by atoms with Crippen molar-refractivity contribution in [3.63, 3.8) is 0 Å². The Morgan fingerprint density at radius 1 is 0.871 bits per heavy atom. The van der Waals surface area contributed by atoms with Gasteiger partial charge in [0.2, 0.25) is 0 Å². The van der Waals surface area contributed by atoms with Crippen LogP contribution in [-0.4, -0.2) is 59.2 Å². The van der Waals surface area contributed by atoms with Crippen molar-refractivity contribution in [2.75, 3.05) is 52.1 Å². The molecule has 2 aromatic carbocycles.